The number of fused-ring (bicyclic) bond motifs is 2. The van der Waals surface area contributed by atoms with Crippen molar-refractivity contribution >= 4 is 70.9 Å². The molecule has 2 aromatic heterocycles. The number of ketones is 1. The molecule has 0 amide bonds. The highest BCUT2D eigenvalue weighted by Crippen LogP contribution is 2.31. The molecule has 0 aliphatic carbocycles. The summed E-state index contributed by atoms with van der Waals surface area (Å²) in [6.07, 6.45) is 0.332. The lowest BCUT2D eigenvalue weighted by Crippen LogP contribution is -2.14. The first-order valence-electron chi connectivity index (χ1n) is 9.90. The molecule has 0 radical (unpaired) electrons. The van der Waals surface area contributed by atoms with Gasteiger partial charge in [-0.05, 0) is 42.8 Å². The number of sulfone groups is 1. The number of carbonyl (C=O) groups excluding carboxylic acids is 1. The van der Waals surface area contributed by atoms with Crippen LogP contribution < -0.4 is 5.32 Å². The van der Waals surface area contributed by atoms with Gasteiger partial charge in [-0.2, -0.15) is 0 Å². The molecule has 0 bridgehead atoms. The SMILES string of the molecule is Cn1c(Nc2nc3ccc(Cl)cc3s2)nc2cc(C(=O)CCCS(=O)(=O)CCO)ccc21. The molecule has 2 heterocycles. The molecule has 4 aromatic rings. The second-order valence-corrected chi connectivity index (χ2v) is 11.1. The van der Waals surface area contributed by atoms with Crippen LogP contribution in [-0.4, -0.2) is 52.0 Å². The number of Topliss-reactive ketones (excluding diaryl/α,β-unsaturated/α-hetero) is 1. The Morgan fingerprint density at radius 2 is 1.97 bits per heavy atom. The van der Waals surface area contributed by atoms with Crippen LogP contribution in [0.5, 0.6) is 0 Å². The molecule has 0 aliphatic heterocycles. The monoisotopic (exact) mass is 492 g/mol. The molecule has 8 nitrogen and oxygen atoms in total. The third-order valence-electron chi connectivity index (χ3n) is 5.03. The zero-order valence-corrected chi connectivity index (χ0v) is 19.6. The molecule has 0 fully saturated rings. The molecule has 11 heteroatoms. The van der Waals surface area contributed by atoms with Gasteiger partial charge in [-0.3, -0.25) is 4.79 Å². The smallest absolute Gasteiger partial charge is 0.209 e. The van der Waals surface area contributed by atoms with E-state index in [1.54, 1.807) is 18.2 Å². The molecular weight excluding hydrogens is 472 g/mol. The number of aromatic nitrogens is 3. The minimum atomic E-state index is -3.33. The van der Waals surface area contributed by atoms with Gasteiger partial charge in [-0.25, -0.2) is 18.4 Å². The number of carbonyl (C=O) groups is 1. The number of hydrogen-bond acceptors (Lipinski definition) is 8. The van der Waals surface area contributed by atoms with Crippen LogP contribution in [0, 0.1) is 0 Å². The Morgan fingerprint density at radius 3 is 2.75 bits per heavy atom. The first-order chi connectivity index (χ1) is 15.3. The summed E-state index contributed by atoms with van der Waals surface area (Å²) in [6, 6.07) is 10.8. The van der Waals surface area contributed by atoms with Crippen LogP contribution in [0.2, 0.25) is 5.02 Å². The molecular formula is C21H21ClN4O4S2. The van der Waals surface area contributed by atoms with Gasteiger partial charge >= 0.3 is 0 Å². The number of aryl methyl sites for hydroxylation is 1. The summed E-state index contributed by atoms with van der Waals surface area (Å²) >= 11 is 7.52. The second-order valence-electron chi connectivity index (χ2n) is 7.36. The fraction of sp³-hybridized carbons (Fsp3) is 0.286. The third-order valence-corrected chi connectivity index (χ3v) is 7.92. The maximum Gasteiger partial charge on any atom is 0.209 e. The number of aliphatic hydroxyl groups excluding tert-OH is 1. The zero-order valence-electron chi connectivity index (χ0n) is 17.2. The zero-order chi connectivity index (χ0) is 22.9. The second kappa shape index (κ2) is 9.14. The maximum absolute atomic E-state index is 12.5. The number of nitrogens with one attached hydrogen (secondary N) is 1. The van der Waals surface area contributed by atoms with E-state index in [0.29, 0.717) is 27.2 Å². The number of thiazole rings is 1. The van der Waals surface area contributed by atoms with E-state index in [4.69, 9.17) is 16.7 Å². The normalized spacial score (nSPS) is 12.0. The number of nitrogens with zero attached hydrogens (tertiary/aromatic N) is 3. The number of hydrogen-bond donors (Lipinski definition) is 2. The largest absolute Gasteiger partial charge is 0.395 e. The number of rotatable bonds is 9. The van der Waals surface area contributed by atoms with E-state index in [1.807, 2.05) is 29.8 Å². The molecule has 0 saturated heterocycles. The predicted molar refractivity (Wildman–Crippen MR) is 128 cm³/mol. The fourth-order valence-electron chi connectivity index (χ4n) is 3.37. The maximum atomic E-state index is 12.5. The number of imidazole rings is 1. The van der Waals surface area contributed by atoms with E-state index < -0.39 is 16.4 Å². The van der Waals surface area contributed by atoms with Crippen LogP contribution >= 0.6 is 22.9 Å². The summed E-state index contributed by atoms with van der Waals surface area (Å²) in [5.74, 6) is 0.0460. The minimum Gasteiger partial charge on any atom is -0.395 e. The topological polar surface area (TPSA) is 114 Å². The van der Waals surface area contributed by atoms with Crippen LogP contribution in [0.4, 0.5) is 11.1 Å². The van der Waals surface area contributed by atoms with E-state index in [-0.39, 0.29) is 30.1 Å². The Balaban J connectivity index is 1.50. The molecule has 168 valence electrons. The van der Waals surface area contributed by atoms with Crippen LogP contribution in [0.15, 0.2) is 36.4 Å². The van der Waals surface area contributed by atoms with Crippen LogP contribution in [0.3, 0.4) is 0 Å². The predicted octanol–water partition coefficient (Wildman–Crippen LogP) is 3.95. The Morgan fingerprint density at radius 1 is 1.16 bits per heavy atom. The van der Waals surface area contributed by atoms with Crippen LogP contribution in [0.1, 0.15) is 23.2 Å². The first-order valence-corrected chi connectivity index (χ1v) is 12.9. The van der Waals surface area contributed by atoms with E-state index >= 15 is 0 Å². The van der Waals surface area contributed by atoms with Crippen molar-refractivity contribution in [1.82, 2.24) is 14.5 Å². The van der Waals surface area contributed by atoms with Gasteiger partial charge in [-0.15, -0.1) is 0 Å². The third kappa shape index (κ3) is 4.93. The lowest BCUT2D eigenvalue weighted by Gasteiger charge is -2.04. The molecule has 4 rings (SSSR count). The number of benzene rings is 2. The lowest BCUT2D eigenvalue weighted by atomic mass is 10.1. The summed E-state index contributed by atoms with van der Waals surface area (Å²) in [4.78, 5) is 21.7. The fourth-order valence-corrected chi connectivity index (χ4v) is 5.57. The van der Waals surface area contributed by atoms with Crippen molar-refractivity contribution in [3.63, 3.8) is 0 Å². The van der Waals surface area contributed by atoms with Crippen molar-refractivity contribution in [2.45, 2.75) is 12.8 Å². The van der Waals surface area contributed by atoms with Crippen LogP contribution in [-0.2, 0) is 16.9 Å². The molecule has 0 unspecified atom stereocenters. The van der Waals surface area contributed by atoms with Crippen molar-refractivity contribution < 1.29 is 18.3 Å². The molecule has 0 saturated carbocycles. The Kier molecular flexibility index (Phi) is 6.47. The molecule has 2 aromatic carbocycles. The van der Waals surface area contributed by atoms with Crippen molar-refractivity contribution in [3.8, 4) is 0 Å². The molecule has 32 heavy (non-hydrogen) atoms. The van der Waals surface area contributed by atoms with E-state index in [2.05, 4.69) is 15.3 Å². The Hall–Kier alpha value is -2.53. The Labute approximate surface area is 193 Å². The Bertz CT molecular complexity index is 1410. The number of aliphatic hydroxyl groups is 1. The van der Waals surface area contributed by atoms with Gasteiger partial charge in [0.1, 0.15) is 0 Å². The van der Waals surface area contributed by atoms with Crippen molar-refractivity contribution in [1.29, 1.82) is 0 Å². The minimum absolute atomic E-state index is 0.113. The number of anilines is 2. The number of halogens is 1. The van der Waals surface area contributed by atoms with Gasteiger partial charge in [0, 0.05) is 24.1 Å². The summed E-state index contributed by atoms with van der Waals surface area (Å²) < 4.78 is 26.2. The lowest BCUT2D eigenvalue weighted by molar-refractivity contribution is 0.0982. The first kappa shape index (κ1) is 22.7. The van der Waals surface area contributed by atoms with Crippen molar-refractivity contribution in [2.75, 3.05) is 23.4 Å². The average molecular weight is 493 g/mol. The highest BCUT2D eigenvalue weighted by atomic mass is 35.5. The molecule has 0 atom stereocenters. The molecule has 2 N–H and O–H groups in total. The molecule has 0 aliphatic rings. The van der Waals surface area contributed by atoms with E-state index in [0.717, 1.165) is 15.7 Å². The van der Waals surface area contributed by atoms with E-state index in [1.165, 1.54) is 11.3 Å². The highest BCUT2D eigenvalue weighted by Gasteiger charge is 2.15. The standard InChI is InChI=1S/C21H21ClN4O4S2/c1-26-17-7-4-13(18(28)3-2-9-32(29,30)10-8-27)11-16(17)23-20(26)25-21-24-15-6-5-14(22)12-19(15)31-21/h4-7,11-12,27H,2-3,8-10H2,1H3,(H,23,24,25). The van der Waals surface area contributed by atoms with Crippen molar-refractivity contribution in [3.05, 3.63) is 47.0 Å². The summed E-state index contributed by atoms with van der Waals surface area (Å²) in [7, 11) is -1.46. The molecule has 0 spiro atoms. The van der Waals surface area contributed by atoms with Gasteiger partial charge in [-0.1, -0.05) is 22.9 Å². The van der Waals surface area contributed by atoms with E-state index in [9.17, 15) is 13.2 Å². The van der Waals surface area contributed by atoms with Gasteiger partial charge in [0.15, 0.2) is 20.8 Å². The highest BCUT2D eigenvalue weighted by molar-refractivity contribution is 7.91. The van der Waals surface area contributed by atoms with Gasteiger partial charge in [0.2, 0.25) is 5.95 Å². The van der Waals surface area contributed by atoms with Crippen molar-refractivity contribution in [2.24, 2.45) is 7.05 Å². The summed E-state index contributed by atoms with van der Waals surface area (Å²) in [5, 5.41) is 13.3. The summed E-state index contributed by atoms with van der Waals surface area (Å²) in [6.45, 7) is -0.409. The van der Waals surface area contributed by atoms with Gasteiger partial charge in [0.25, 0.3) is 0 Å². The average Bonchev–Trinajstić information content (AvgIpc) is 3.27. The quantitative estimate of drug-likeness (QED) is 0.340. The summed E-state index contributed by atoms with van der Waals surface area (Å²) in [5.41, 5.74) is 2.82. The van der Waals surface area contributed by atoms with Gasteiger partial charge in [0.05, 0.1) is 39.4 Å². The van der Waals surface area contributed by atoms with Crippen LogP contribution in [0.25, 0.3) is 21.3 Å². The van der Waals surface area contributed by atoms with Gasteiger partial charge < -0.3 is 15.0 Å².